The summed E-state index contributed by atoms with van der Waals surface area (Å²) in [6, 6.07) is 1.17. The van der Waals surface area contributed by atoms with Crippen LogP contribution < -0.4 is 5.73 Å². The highest BCUT2D eigenvalue weighted by Crippen LogP contribution is 2.23. The van der Waals surface area contributed by atoms with Crippen LogP contribution in [0.1, 0.15) is 19.3 Å². The summed E-state index contributed by atoms with van der Waals surface area (Å²) >= 11 is 0. The van der Waals surface area contributed by atoms with E-state index in [1.807, 2.05) is 0 Å². The highest BCUT2D eigenvalue weighted by atomic mass is 16.3. The number of β-amino-alcohol motifs (C(OH)–C–C–N with tert-alkyl or cyclic N) is 1. The van der Waals surface area contributed by atoms with Crippen LogP contribution in [0, 0.1) is 0 Å². The molecule has 0 bridgehead atoms. The van der Waals surface area contributed by atoms with Crippen LogP contribution >= 0.6 is 0 Å². The third-order valence-corrected chi connectivity index (χ3v) is 3.79. The summed E-state index contributed by atoms with van der Waals surface area (Å²) in [6.07, 6.45) is 3.66. The van der Waals surface area contributed by atoms with E-state index in [0.717, 1.165) is 38.8 Å². The standard InChI is InChI=1S/C11H23N3O/c12-10-1-2-11(9-10)14-5-3-13(4-6-14)7-8-15/h10-11,15H,1-9,12H2. The Kier molecular flexibility index (Phi) is 3.97. The number of aliphatic hydroxyl groups is 1. The molecule has 3 N–H and O–H groups in total. The lowest BCUT2D eigenvalue weighted by molar-refractivity contribution is 0.0850. The molecule has 1 aliphatic carbocycles. The third kappa shape index (κ3) is 2.91. The van der Waals surface area contributed by atoms with Gasteiger partial charge in [-0.15, -0.1) is 0 Å². The molecule has 2 fully saturated rings. The van der Waals surface area contributed by atoms with E-state index in [2.05, 4.69) is 9.80 Å². The fraction of sp³-hybridized carbons (Fsp3) is 1.00. The number of aliphatic hydroxyl groups excluding tert-OH is 1. The van der Waals surface area contributed by atoms with Crippen LogP contribution in [0.15, 0.2) is 0 Å². The lowest BCUT2D eigenvalue weighted by atomic mass is 10.1. The van der Waals surface area contributed by atoms with Gasteiger partial charge in [0.25, 0.3) is 0 Å². The van der Waals surface area contributed by atoms with Crippen LogP contribution in [0.25, 0.3) is 0 Å². The van der Waals surface area contributed by atoms with E-state index < -0.39 is 0 Å². The first-order valence-corrected chi connectivity index (χ1v) is 6.12. The minimum atomic E-state index is 0.286. The van der Waals surface area contributed by atoms with Crippen molar-refractivity contribution in [3.63, 3.8) is 0 Å². The SMILES string of the molecule is NC1CCC(N2CCN(CCO)CC2)C1. The van der Waals surface area contributed by atoms with Gasteiger partial charge in [0.2, 0.25) is 0 Å². The van der Waals surface area contributed by atoms with Gasteiger partial charge in [0.15, 0.2) is 0 Å². The molecule has 0 spiro atoms. The van der Waals surface area contributed by atoms with E-state index in [-0.39, 0.29) is 6.61 Å². The zero-order valence-electron chi connectivity index (χ0n) is 9.44. The highest BCUT2D eigenvalue weighted by Gasteiger charge is 2.29. The summed E-state index contributed by atoms with van der Waals surface area (Å²) in [5.41, 5.74) is 5.94. The van der Waals surface area contributed by atoms with Crippen molar-refractivity contribution in [2.24, 2.45) is 5.73 Å². The largest absolute Gasteiger partial charge is 0.395 e. The Bertz CT molecular complexity index is 192. The van der Waals surface area contributed by atoms with Gasteiger partial charge in [-0.05, 0) is 19.3 Å². The average Bonchev–Trinajstić information content (AvgIpc) is 2.67. The van der Waals surface area contributed by atoms with Gasteiger partial charge in [0.1, 0.15) is 0 Å². The molecule has 0 aromatic carbocycles. The second-order valence-corrected chi connectivity index (χ2v) is 4.83. The van der Waals surface area contributed by atoms with E-state index in [1.54, 1.807) is 0 Å². The van der Waals surface area contributed by atoms with E-state index in [0.29, 0.717) is 6.04 Å². The van der Waals surface area contributed by atoms with Crippen LogP contribution in [-0.2, 0) is 0 Å². The predicted octanol–water partition coefficient (Wildman–Crippen LogP) is -0.524. The van der Waals surface area contributed by atoms with Gasteiger partial charge in [-0.3, -0.25) is 9.80 Å². The summed E-state index contributed by atoms with van der Waals surface area (Å²) in [7, 11) is 0. The second kappa shape index (κ2) is 5.25. The Hall–Kier alpha value is -0.160. The maximum Gasteiger partial charge on any atom is 0.0558 e. The van der Waals surface area contributed by atoms with E-state index in [9.17, 15) is 0 Å². The van der Waals surface area contributed by atoms with E-state index in [1.165, 1.54) is 19.3 Å². The first kappa shape index (κ1) is 11.3. The zero-order chi connectivity index (χ0) is 10.7. The van der Waals surface area contributed by atoms with Gasteiger partial charge in [-0.2, -0.15) is 0 Å². The first-order chi connectivity index (χ1) is 7.29. The number of hydrogen-bond donors (Lipinski definition) is 2. The molecule has 15 heavy (non-hydrogen) atoms. The van der Waals surface area contributed by atoms with Crippen molar-refractivity contribution < 1.29 is 5.11 Å². The Morgan fingerprint density at radius 2 is 1.87 bits per heavy atom. The molecular formula is C11H23N3O. The molecule has 0 aromatic heterocycles. The quantitative estimate of drug-likeness (QED) is 0.662. The van der Waals surface area contributed by atoms with Gasteiger partial charge in [-0.1, -0.05) is 0 Å². The molecule has 0 radical (unpaired) electrons. The summed E-state index contributed by atoms with van der Waals surface area (Å²) in [5, 5.41) is 8.86. The van der Waals surface area contributed by atoms with Gasteiger partial charge >= 0.3 is 0 Å². The Labute approximate surface area is 92.0 Å². The monoisotopic (exact) mass is 213 g/mol. The van der Waals surface area contributed by atoms with Crippen molar-refractivity contribution in [1.82, 2.24) is 9.80 Å². The highest BCUT2D eigenvalue weighted by molar-refractivity contribution is 4.87. The molecule has 1 saturated carbocycles. The Morgan fingerprint density at radius 1 is 1.13 bits per heavy atom. The molecule has 4 heteroatoms. The van der Waals surface area contributed by atoms with Crippen molar-refractivity contribution in [3.8, 4) is 0 Å². The maximum atomic E-state index is 8.86. The molecule has 1 saturated heterocycles. The topological polar surface area (TPSA) is 52.7 Å². The van der Waals surface area contributed by atoms with E-state index >= 15 is 0 Å². The van der Waals surface area contributed by atoms with Gasteiger partial charge in [0.05, 0.1) is 6.61 Å². The summed E-state index contributed by atoms with van der Waals surface area (Å²) in [5.74, 6) is 0. The lowest BCUT2D eigenvalue weighted by Crippen LogP contribution is -2.50. The Balaban J connectivity index is 1.73. The summed E-state index contributed by atoms with van der Waals surface area (Å²) in [6.45, 7) is 5.62. The zero-order valence-corrected chi connectivity index (χ0v) is 9.44. The molecule has 2 unspecified atom stereocenters. The van der Waals surface area contributed by atoms with Crippen LogP contribution in [0.4, 0.5) is 0 Å². The molecule has 1 aliphatic heterocycles. The molecule has 0 amide bonds. The smallest absolute Gasteiger partial charge is 0.0558 e. The second-order valence-electron chi connectivity index (χ2n) is 4.83. The average molecular weight is 213 g/mol. The van der Waals surface area contributed by atoms with Crippen LogP contribution in [-0.4, -0.2) is 66.3 Å². The molecule has 88 valence electrons. The molecule has 0 aromatic rings. The van der Waals surface area contributed by atoms with Crippen molar-refractivity contribution >= 4 is 0 Å². The molecule has 2 rings (SSSR count). The molecule has 2 atom stereocenters. The number of rotatable bonds is 3. The fourth-order valence-corrected chi connectivity index (χ4v) is 2.82. The summed E-state index contributed by atoms with van der Waals surface area (Å²) in [4.78, 5) is 4.92. The van der Waals surface area contributed by atoms with Crippen LogP contribution in [0.2, 0.25) is 0 Å². The molecular weight excluding hydrogens is 190 g/mol. The first-order valence-electron chi connectivity index (χ1n) is 6.12. The normalized spacial score (nSPS) is 34.8. The lowest BCUT2D eigenvalue weighted by Gasteiger charge is -2.37. The van der Waals surface area contributed by atoms with Crippen molar-refractivity contribution in [1.29, 1.82) is 0 Å². The van der Waals surface area contributed by atoms with Gasteiger partial charge in [-0.25, -0.2) is 0 Å². The molecule has 2 aliphatic rings. The van der Waals surface area contributed by atoms with Crippen molar-refractivity contribution in [2.45, 2.75) is 31.3 Å². The fourth-order valence-electron chi connectivity index (χ4n) is 2.82. The predicted molar refractivity (Wildman–Crippen MR) is 60.7 cm³/mol. The maximum absolute atomic E-state index is 8.86. The van der Waals surface area contributed by atoms with Crippen LogP contribution in [0.5, 0.6) is 0 Å². The minimum Gasteiger partial charge on any atom is -0.395 e. The van der Waals surface area contributed by atoms with Crippen LogP contribution in [0.3, 0.4) is 0 Å². The molecule has 1 heterocycles. The van der Waals surface area contributed by atoms with Gasteiger partial charge < -0.3 is 10.8 Å². The minimum absolute atomic E-state index is 0.286. The Morgan fingerprint density at radius 3 is 2.40 bits per heavy atom. The van der Waals surface area contributed by atoms with Gasteiger partial charge in [0, 0.05) is 44.8 Å². The number of hydrogen-bond acceptors (Lipinski definition) is 4. The third-order valence-electron chi connectivity index (χ3n) is 3.79. The van der Waals surface area contributed by atoms with Crippen molar-refractivity contribution in [3.05, 3.63) is 0 Å². The van der Waals surface area contributed by atoms with E-state index in [4.69, 9.17) is 10.8 Å². The number of piperazine rings is 1. The number of nitrogens with zero attached hydrogens (tertiary/aromatic N) is 2. The molecule has 4 nitrogen and oxygen atoms in total. The van der Waals surface area contributed by atoms with Crippen molar-refractivity contribution in [2.75, 3.05) is 39.3 Å². The summed E-state index contributed by atoms with van der Waals surface area (Å²) < 4.78 is 0. The number of nitrogens with two attached hydrogens (primary N) is 1.